The molecule has 0 unspecified atom stereocenters. The van der Waals surface area contributed by atoms with E-state index in [0.717, 1.165) is 0 Å². The Morgan fingerprint density at radius 1 is 1.33 bits per heavy atom. The van der Waals surface area contributed by atoms with E-state index in [-0.39, 0.29) is 5.69 Å². The molecule has 2 aromatic rings. The number of carboxylic acids is 1. The Morgan fingerprint density at radius 2 is 2.06 bits per heavy atom. The van der Waals surface area contributed by atoms with Crippen molar-refractivity contribution in [3.8, 4) is 11.5 Å². The number of halogens is 1. The fraction of sp³-hybridized carbons (Fsp3) is 0.167. The predicted octanol–water partition coefficient (Wildman–Crippen LogP) is 2.71. The first-order valence-electron chi connectivity index (χ1n) is 5.03. The quantitative estimate of drug-likeness (QED) is 0.944. The number of methoxy groups -OCH3 is 2. The van der Waals surface area contributed by atoms with E-state index in [1.165, 1.54) is 13.2 Å². The maximum Gasteiger partial charge on any atom is 0.354 e. The van der Waals surface area contributed by atoms with Gasteiger partial charge in [0.1, 0.15) is 17.0 Å². The second-order valence-electron chi connectivity index (χ2n) is 3.49. The number of aromatic nitrogens is 1. The van der Waals surface area contributed by atoms with E-state index in [1.807, 2.05) is 0 Å². The lowest BCUT2D eigenvalue weighted by atomic mass is 10.1. The Bertz CT molecular complexity index is 627. The molecule has 0 amide bonds. The van der Waals surface area contributed by atoms with Gasteiger partial charge in [-0.05, 0) is 34.1 Å². The second kappa shape index (κ2) is 4.81. The molecule has 94 valence electrons. The number of fused-ring (bicyclic) bond motifs is 1. The van der Waals surface area contributed by atoms with E-state index in [0.29, 0.717) is 26.9 Å². The number of benzene rings is 1. The standard InChI is InChI=1S/C12H10BrNO4/c1-17-9-5-7(13)11(18-2)10-6(9)3-4-8(14-10)12(15)16/h3-5H,1-2H3,(H,15,16). The summed E-state index contributed by atoms with van der Waals surface area (Å²) < 4.78 is 11.1. The van der Waals surface area contributed by atoms with Gasteiger partial charge >= 0.3 is 5.97 Å². The number of pyridine rings is 1. The van der Waals surface area contributed by atoms with Crippen LogP contribution in [0.2, 0.25) is 0 Å². The molecule has 18 heavy (non-hydrogen) atoms. The highest BCUT2D eigenvalue weighted by Gasteiger charge is 2.15. The Labute approximate surface area is 111 Å². The van der Waals surface area contributed by atoms with Crippen LogP contribution in [-0.2, 0) is 0 Å². The van der Waals surface area contributed by atoms with Crippen LogP contribution in [0.5, 0.6) is 11.5 Å². The zero-order valence-electron chi connectivity index (χ0n) is 9.73. The molecule has 0 aliphatic heterocycles. The van der Waals surface area contributed by atoms with Gasteiger partial charge in [0, 0.05) is 5.39 Å². The predicted molar refractivity (Wildman–Crippen MR) is 69.5 cm³/mol. The van der Waals surface area contributed by atoms with Gasteiger partial charge in [0.05, 0.1) is 18.7 Å². The third-order valence-corrected chi connectivity index (χ3v) is 3.08. The lowest BCUT2D eigenvalue weighted by Gasteiger charge is -2.11. The molecule has 1 aromatic heterocycles. The average Bonchev–Trinajstić information content (AvgIpc) is 2.37. The third kappa shape index (κ3) is 1.99. The molecule has 0 fully saturated rings. The molecular formula is C12H10BrNO4. The number of hydrogen-bond donors (Lipinski definition) is 1. The van der Waals surface area contributed by atoms with Gasteiger partial charge in [-0.1, -0.05) is 0 Å². The zero-order chi connectivity index (χ0) is 13.3. The van der Waals surface area contributed by atoms with Gasteiger partial charge in [0.25, 0.3) is 0 Å². The summed E-state index contributed by atoms with van der Waals surface area (Å²) in [5.41, 5.74) is 0.407. The van der Waals surface area contributed by atoms with Crippen LogP contribution < -0.4 is 9.47 Å². The highest BCUT2D eigenvalue weighted by atomic mass is 79.9. The van der Waals surface area contributed by atoms with Crippen molar-refractivity contribution in [1.82, 2.24) is 4.98 Å². The lowest BCUT2D eigenvalue weighted by molar-refractivity contribution is 0.0691. The van der Waals surface area contributed by atoms with Crippen molar-refractivity contribution in [2.75, 3.05) is 14.2 Å². The fourth-order valence-electron chi connectivity index (χ4n) is 1.68. The van der Waals surface area contributed by atoms with Crippen LogP contribution >= 0.6 is 15.9 Å². The van der Waals surface area contributed by atoms with Crippen molar-refractivity contribution in [2.24, 2.45) is 0 Å². The summed E-state index contributed by atoms with van der Waals surface area (Å²) >= 11 is 3.34. The number of aromatic carboxylic acids is 1. The topological polar surface area (TPSA) is 68.7 Å². The average molecular weight is 312 g/mol. The molecule has 0 aliphatic carbocycles. The van der Waals surface area contributed by atoms with E-state index < -0.39 is 5.97 Å². The van der Waals surface area contributed by atoms with Crippen LogP contribution in [0, 0.1) is 0 Å². The normalized spacial score (nSPS) is 10.4. The monoisotopic (exact) mass is 311 g/mol. The molecule has 0 saturated heterocycles. The molecule has 0 radical (unpaired) electrons. The van der Waals surface area contributed by atoms with E-state index in [4.69, 9.17) is 14.6 Å². The Kier molecular flexibility index (Phi) is 3.38. The molecule has 1 aromatic carbocycles. The molecule has 0 atom stereocenters. The molecule has 5 nitrogen and oxygen atoms in total. The summed E-state index contributed by atoms with van der Waals surface area (Å²) in [4.78, 5) is 15.0. The molecule has 0 spiro atoms. The summed E-state index contributed by atoms with van der Waals surface area (Å²) in [6, 6.07) is 4.84. The summed E-state index contributed by atoms with van der Waals surface area (Å²) in [7, 11) is 3.04. The fourth-order valence-corrected chi connectivity index (χ4v) is 2.24. The molecule has 1 N–H and O–H groups in total. The molecule has 0 aliphatic rings. The molecule has 0 bridgehead atoms. The molecule has 2 rings (SSSR count). The van der Waals surface area contributed by atoms with E-state index in [9.17, 15) is 4.79 Å². The number of nitrogens with zero attached hydrogens (tertiary/aromatic N) is 1. The Morgan fingerprint density at radius 3 is 2.61 bits per heavy atom. The maximum absolute atomic E-state index is 10.9. The second-order valence-corrected chi connectivity index (χ2v) is 4.35. The SMILES string of the molecule is COc1cc(Br)c(OC)c2nc(C(=O)O)ccc12. The molecule has 6 heteroatoms. The van der Waals surface area contributed by atoms with Crippen molar-refractivity contribution in [3.63, 3.8) is 0 Å². The highest BCUT2D eigenvalue weighted by molar-refractivity contribution is 9.10. The van der Waals surface area contributed by atoms with Gasteiger partial charge in [-0.2, -0.15) is 0 Å². The minimum atomic E-state index is -1.09. The lowest BCUT2D eigenvalue weighted by Crippen LogP contribution is -2.01. The van der Waals surface area contributed by atoms with Crippen molar-refractivity contribution in [1.29, 1.82) is 0 Å². The number of carbonyl (C=O) groups is 1. The van der Waals surface area contributed by atoms with Gasteiger partial charge < -0.3 is 14.6 Å². The van der Waals surface area contributed by atoms with Crippen molar-refractivity contribution in [3.05, 3.63) is 28.4 Å². The number of carboxylic acid groups (broad SMARTS) is 1. The first-order chi connectivity index (χ1) is 8.58. The zero-order valence-corrected chi connectivity index (χ0v) is 11.3. The van der Waals surface area contributed by atoms with Gasteiger partial charge in [-0.3, -0.25) is 0 Å². The van der Waals surface area contributed by atoms with Gasteiger partial charge in [-0.25, -0.2) is 9.78 Å². The number of ether oxygens (including phenoxy) is 2. The van der Waals surface area contributed by atoms with Crippen molar-refractivity contribution < 1.29 is 19.4 Å². The van der Waals surface area contributed by atoms with Crippen LogP contribution in [0.15, 0.2) is 22.7 Å². The van der Waals surface area contributed by atoms with E-state index in [2.05, 4.69) is 20.9 Å². The minimum absolute atomic E-state index is 0.0408. The summed E-state index contributed by atoms with van der Waals surface area (Å²) in [5, 5.41) is 9.65. The number of rotatable bonds is 3. The van der Waals surface area contributed by atoms with Crippen LogP contribution in [0.3, 0.4) is 0 Å². The maximum atomic E-state index is 10.9. The Balaban J connectivity index is 2.85. The van der Waals surface area contributed by atoms with Gasteiger partial charge in [0.15, 0.2) is 5.75 Å². The largest absolute Gasteiger partial charge is 0.496 e. The summed E-state index contributed by atoms with van der Waals surface area (Å²) in [5.74, 6) is -0.00564. The van der Waals surface area contributed by atoms with Crippen LogP contribution in [0.4, 0.5) is 0 Å². The first-order valence-corrected chi connectivity index (χ1v) is 5.82. The van der Waals surface area contributed by atoms with E-state index >= 15 is 0 Å². The third-order valence-electron chi connectivity index (χ3n) is 2.49. The van der Waals surface area contributed by atoms with Crippen molar-refractivity contribution in [2.45, 2.75) is 0 Å². The van der Waals surface area contributed by atoms with Gasteiger partial charge in [-0.15, -0.1) is 0 Å². The summed E-state index contributed by atoms with van der Waals surface area (Å²) in [6.07, 6.45) is 0. The minimum Gasteiger partial charge on any atom is -0.496 e. The summed E-state index contributed by atoms with van der Waals surface area (Å²) in [6.45, 7) is 0. The Hall–Kier alpha value is -1.82. The van der Waals surface area contributed by atoms with Crippen LogP contribution in [0.1, 0.15) is 10.5 Å². The van der Waals surface area contributed by atoms with Gasteiger partial charge in [0.2, 0.25) is 0 Å². The first kappa shape index (κ1) is 12.6. The molecular weight excluding hydrogens is 302 g/mol. The van der Waals surface area contributed by atoms with E-state index in [1.54, 1.807) is 19.2 Å². The molecule has 0 saturated carbocycles. The van der Waals surface area contributed by atoms with Crippen molar-refractivity contribution >= 4 is 32.8 Å². The smallest absolute Gasteiger partial charge is 0.354 e. The molecule has 1 heterocycles. The van der Waals surface area contributed by atoms with Crippen LogP contribution in [-0.4, -0.2) is 30.3 Å². The van der Waals surface area contributed by atoms with Crippen LogP contribution in [0.25, 0.3) is 10.9 Å². The highest BCUT2D eigenvalue weighted by Crippen LogP contribution is 2.38. The number of hydrogen-bond acceptors (Lipinski definition) is 4.